The lowest BCUT2D eigenvalue weighted by atomic mass is 10.3. The highest BCUT2D eigenvalue weighted by Crippen LogP contribution is 2.24. The zero-order valence-electron chi connectivity index (χ0n) is 5.77. The molecule has 0 fully saturated rings. The topological polar surface area (TPSA) is 9.23 Å². The molecule has 0 aliphatic carbocycles. The van der Waals surface area contributed by atoms with E-state index in [1.54, 1.807) is 0 Å². The van der Waals surface area contributed by atoms with Gasteiger partial charge in [-0.2, -0.15) is 0 Å². The molecule has 1 aromatic rings. The Morgan fingerprint density at radius 2 is 2.00 bits per heavy atom. The summed E-state index contributed by atoms with van der Waals surface area (Å²) in [6.07, 6.45) is 0. The number of halogens is 2. The molecular formula is C7H6F2OS. The molecule has 1 aromatic carbocycles. The van der Waals surface area contributed by atoms with Gasteiger partial charge in [-0.3, -0.25) is 0 Å². The normalized spacial score (nSPS) is 9.82. The van der Waals surface area contributed by atoms with Gasteiger partial charge in [0.1, 0.15) is 5.82 Å². The van der Waals surface area contributed by atoms with Crippen LogP contribution in [0.4, 0.5) is 8.78 Å². The minimum atomic E-state index is -0.641. The second-order valence-corrected chi connectivity index (χ2v) is 2.42. The SMILES string of the molecule is COc1cc(F)cc(S)c1F. The molecule has 1 rings (SSSR count). The fraction of sp³-hybridized carbons (Fsp3) is 0.143. The summed E-state index contributed by atoms with van der Waals surface area (Å²) < 4.78 is 29.9. The summed E-state index contributed by atoms with van der Waals surface area (Å²) in [5.41, 5.74) is 0. The highest BCUT2D eigenvalue weighted by atomic mass is 32.1. The van der Waals surface area contributed by atoms with Crippen LogP contribution in [0.5, 0.6) is 5.75 Å². The predicted octanol–water partition coefficient (Wildman–Crippen LogP) is 2.26. The summed E-state index contributed by atoms with van der Waals surface area (Å²) in [5, 5.41) is 0. The molecule has 1 nitrogen and oxygen atoms in total. The van der Waals surface area contributed by atoms with Crippen LogP contribution in [0.3, 0.4) is 0 Å². The van der Waals surface area contributed by atoms with E-state index >= 15 is 0 Å². The van der Waals surface area contributed by atoms with Crippen molar-refractivity contribution in [1.82, 2.24) is 0 Å². The van der Waals surface area contributed by atoms with Crippen LogP contribution in [-0.2, 0) is 0 Å². The van der Waals surface area contributed by atoms with Crippen LogP contribution < -0.4 is 4.74 Å². The van der Waals surface area contributed by atoms with Crippen molar-refractivity contribution in [2.75, 3.05) is 7.11 Å². The summed E-state index contributed by atoms with van der Waals surface area (Å²) in [6, 6.07) is 1.95. The Balaban J connectivity index is 3.24. The number of thiol groups is 1. The average Bonchev–Trinajstić information content (AvgIpc) is 1.96. The number of hydrogen-bond donors (Lipinski definition) is 1. The molecule has 0 bridgehead atoms. The van der Waals surface area contributed by atoms with Crippen molar-refractivity contribution in [3.63, 3.8) is 0 Å². The Labute approximate surface area is 68.4 Å². The third-order valence-electron chi connectivity index (χ3n) is 1.20. The second kappa shape index (κ2) is 3.09. The average molecular weight is 176 g/mol. The molecule has 0 N–H and O–H groups in total. The van der Waals surface area contributed by atoms with Gasteiger partial charge in [-0.1, -0.05) is 0 Å². The van der Waals surface area contributed by atoms with Crippen molar-refractivity contribution in [3.05, 3.63) is 23.8 Å². The Kier molecular flexibility index (Phi) is 2.34. The Hall–Kier alpha value is -0.770. The van der Waals surface area contributed by atoms with Crippen LogP contribution in [0.1, 0.15) is 0 Å². The molecule has 0 saturated carbocycles. The molecule has 60 valence electrons. The van der Waals surface area contributed by atoms with Crippen LogP contribution in [0, 0.1) is 11.6 Å². The molecular weight excluding hydrogens is 170 g/mol. The maximum atomic E-state index is 12.8. The first-order valence-corrected chi connectivity index (χ1v) is 3.32. The first-order valence-electron chi connectivity index (χ1n) is 2.87. The third kappa shape index (κ3) is 1.63. The number of rotatable bonds is 1. The van der Waals surface area contributed by atoms with E-state index in [9.17, 15) is 8.78 Å². The van der Waals surface area contributed by atoms with Crippen molar-refractivity contribution in [2.24, 2.45) is 0 Å². The maximum absolute atomic E-state index is 12.8. The smallest absolute Gasteiger partial charge is 0.178 e. The molecule has 0 saturated heterocycles. The zero-order chi connectivity index (χ0) is 8.43. The first kappa shape index (κ1) is 8.33. The quantitative estimate of drug-likeness (QED) is 0.646. The van der Waals surface area contributed by atoms with Crippen LogP contribution in [0.15, 0.2) is 17.0 Å². The lowest BCUT2D eigenvalue weighted by molar-refractivity contribution is 0.377. The Morgan fingerprint density at radius 1 is 1.36 bits per heavy atom. The van der Waals surface area contributed by atoms with Gasteiger partial charge in [0.15, 0.2) is 11.6 Å². The fourth-order valence-electron chi connectivity index (χ4n) is 0.699. The van der Waals surface area contributed by atoms with E-state index in [-0.39, 0.29) is 10.6 Å². The van der Waals surface area contributed by atoms with Crippen LogP contribution in [0.2, 0.25) is 0 Å². The van der Waals surface area contributed by atoms with E-state index in [0.29, 0.717) is 0 Å². The van der Waals surface area contributed by atoms with Gasteiger partial charge in [0.25, 0.3) is 0 Å². The molecule has 0 atom stereocenters. The molecule has 0 amide bonds. The Bertz CT molecular complexity index is 275. The number of ether oxygens (including phenoxy) is 1. The van der Waals surface area contributed by atoms with E-state index in [1.165, 1.54) is 7.11 Å². The number of methoxy groups -OCH3 is 1. The minimum Gasteiger partial charge on any atom is -0.494 e. The lowest BCUT2D eigenvalue weighted by Gasteiger charge is -2.02. The van der Waals surface area contributed by atoms with E-state index < -0.39 is 11.6 Å². The molecule has 11 heavy (non-hydrogen) atoms. The molecule has 0 heterocycles. The second-order valence-electron chi connectivity index (χ2n) is 1.94. The van der Waals surface area contributed by atoms with Crippen molar-refractivity contribution in [3.8, 4) is 5.75 Å². The van der Waals surface area contributed by atoms with E-state index in [0.717, 1.165) is 12.1 Å². The first-order chi connectivity index (χ1) is 5.15. The molecule has 0 aliphatic rings. The summed E-state index contributed by atoms with van der Waals surface area (Å²) in [4.78, 5) is -0.0538. The summed E-state index contributed by atoms with van der Waals surface area (Å²) in [7, 11) is 1.27. The van der Waals surface area contributed by atoms with Gasteiger partial charge >= 0.3 is 0 Å². The standard InChI is InChI=1S/C7H6F2OS/c1-10-5-2-4(8)3-6(11)7(5)9/h2-3,11H,1H3. The number of benzene rings is 1. The summed E-state index contributed by atoms with van der Waals surface area (Å²) in [5.74, 6) is -1.33. The monoisotopic (exact) mass is 176 g/mol. The van der Waals surface area contributed by atoms with Gasteiger partial charge in [0, 0.05) is 11.0 Å². The molecule has 0 unspecified atom stereocenters. The minimum absolute atomic E-state index is 0.0538. The van der Waals surface area contributed by atoms with Crippen LogP contribution in [-0.4, -0.2) is 7.11 Å². The summed E-state index contributed by atoms with van der Waals surface area (Å²) in [6.45, 7) is 0. The van der Waals surface area contributed by atoms with Crippen LogP contribution >= 0.6 is 12.6 Å². The van der Waals surface area contributed by atoms with E-state index in [1.807, 2.05) is 0 Å². The zero-order valence-corrected chi connectivity index (χ0v) is 6.66. The van der Waals surface area contributed by atoms with Gasteiger partial charge in [0.2, 0.25) is 0 Å². The Morgan fingerprint density at radius 3 is 2.55 bits per heavy atom. The molecule has 0 spiro atoms. The number of hydrogen-bond acceptors (Lipinski definition) is 2. The largest absolute Gasteiger partial charge is 0.494 e. The highest BCUT2D eigenvalue weighted by Gasteiger charge is 2.07. The van der Waals surface area contributed by atoms with Crippen molar-refractivity contribution >= 4 is 12.6 Å². The molecule has 0 aliphatic heterocycles. The third-order valence-corrected chi connectivity index (χ3v) is 1.53. The van der Waals surface area contributed by atoms with Crippen molar-refractivity contribution in [1.29, 1.82) is 0 Å². The predicted molar refractivity (Wildman–Crippen MR) is 40.2 cm³/mol. The van der Waals surface area contributed by atoms with E-state index in [2.05, 4.69) is 17.4 Å². The van der Waals surface area contributed by atoms with Gasteiger partial charge in [-0.25, -0.2) is 8.78 Å². The lowest BCUT2D eigenvalue weighted by Crippen LogP contribution is -1.90. The molecule has 0 radical (unpaired) electrons. The fourth-order valence-corrected chi connectivity index (χ4v) is 0.933. The summed E-state index contributed by atoms with van der Waals surface area (Å²) >= 11 is 3.70. The molecule has 4 heteroatoms. The van der Waals surface area contributed by atoms with Gasteiger partial charge < -0.3 is 4.74 Å². The van der Waals surface area contributed by atoms with Crippen LogP contribution in [0.25, 0.3) is 0 Å². The van der Waals surface area contributed by atoms with Gasteiger partial charge in [0.05, 0.1) is 7.11 Å². The maximum Gasteiger partial charge on any atom is 0.178 e. The van der Waals surface area contributed by atoms with Gasteiger partial charge in [-0.15, -0.1) is 12.6 Å². The van der Waals surface area contributed by atoms with Crippen molar-refractivity contribution in [2.45, 2.75) is 4.90 Å². The highest BCUT2D eigenvalue weighted by molar-refractivity contribution is 7.80. The van der Waals surface area contributed by atoms with Gasteiger partial charge in [-0.05, 0) is 6.07 Å². The van der Waals surface area contributed by atoms with E-state index in [4.69, 9.17) is 0 Å². The molecule has 0 aromatic heterocycles. The van der Waals surface area contributed by atoms with Crippen molar-refractivity contribution < 1.29 is 13.5 Å².